The fraction of sp³-hybridized carbons (Fsp3) is 0.661. The minimum absolute atomic E-state index is 0.0485. The number of nitrogens with zero attached hydrogens (tertiary/aromatic N) is 1. The topological polar surface area (TPSA) is 105 Å². The normalized spacial score (nSPS) is 15.0. The molecule has 0 radical (unpaired) electrons. The van der Waals surface area contributed by atoms with E-state index in [2.05, 4.69) is 116 Å². The summed E-state index contributed by atoms with van der Waals surface area (Å²) >= 11 is 0. The van der Waals surface area contributed by atoms with E-state index in [4.69, 9.17) is 9.05 Å². The standard InChI is InChI=1S/C56H97N2O6P/c1-6-8-10-12-14-16-18-19-20-21-22-23-24-25-26-27-28-29-30-31-32-33-34-35-36-37-38-39-40-42-44-46-48-50-56(60)57-54(53-64-65(61,62)63-52-51-58(3,4)5)55(59)49-47-45-43-41-17-15-13-11-9-7-2/h8-11,14,16-17,19-20,22-23,25-26,28-29,41,47,49,54-55,59H,6-7,12-13,15,18,21,24,27,30-40,42-46,48,50-53H2,1-5H3,(H-,57,60,61,62)/p+1/b10-8-,11-9+,16-14-,20-19-,23-22-,26-25-,29-28-,41-17+,49-47+. The quantitative estimate of drug-likeness (QED) is 0.0243. The molecule has 0 bridgehead atoms. The molecule has 8 nitrogen and oxygen atoms in total. The van der Waals surface area contributed by atoms with E-state index in [9.17, 15) is 19.4 Å². The van der Waals surface area contributed by atoms with Crippen molar-refractivity contribution in [3.63, 3.8) is 0 Å². The summed E-state index contributed by atoms with van der Waals surface area (Å²) in [7, 11) is 1.53. The predicted molar refractivity (Wildman–Crippen MR) is 281 cm³/mol. The number of aliphatic hydroxyl groups excluding tert-OH is 1. The van der Waals surface area contributed by atoms with E-state index in [0.29, 0.717) is 17.4 Å². The van der Waals surface area contributed by atoms with Crippen molar-refractivity contribution in [1.82, 2.24) is 5.32 Å². The first-order chi connectivity index (χ1) is 31.5. The molecule has 9 heteroatoms. The maximum absolute atomic E-state index is 12.9. The van der Waals surface area contributed by atoms with Crippen molar-refractivity contribution in [3.8, 4) is 0 Å². The second kappa shape index (κ2) is 46.3. The number of phosphoric ester groups is 1. The number of likely N-dealkylation sites (N-methyl/N-ethyl adjacent to an activating group) is 1. The number of hydrogen-bond donors (Lipinski definition) is 3. The van der Waals surface area contributed by atoms with Crippen LogP contribution in [0.2, 0.25) is 0 Å². The van der Waals surface area contributed by atoms with Gasteiger partial charge in [0.1, 0.15) is 13.2 Å². The molecule has 3 N–H and O–H groups in total. The second-order valence-corrected chi connectivity index (χ2v) is 19.6. The largest absolute Gasteiger partial charge is 0.472 e. The van der Waals surface area contributed by atoms with E-state index in [1.165, 1.54) is 77.0 Å². The molecule has 3 atom stereocenters. The van der Waals surface area contributed by atoms with Gasteiger partial charge in [0.05, 0.1) is 39.9 Å². The lowest BCUT2D eigenvalue weighted by atomic mass is 10.0. The Hall–Kier alpha value is -2.84. The van der Waals surface area contributed by atoms with Crippen LogP contribution in [0.3, 0.4) is 0 Å². The maximum atomic E-state index is 12.9. The Balaban J connectivity index is 4.08. The van der Waals surface area contributed by atoms with E-state index < -0.39 is 20.0 Å². The number of carbonyl (C=O) groups excluding carboxylic acids is 1. The number of nitrogens with one attached hydrogen (secondary N) is 1. The van der Waals surface area contributed by atoms with E-state index in [-0.39, 0.29) is 19.1 Å². The van der Waals surface area contributed by atoms with Gasteiger partial charge in [0.25, 0.3) is 0 Å². The number of aliphatic hydroxyl groups is 1. The van der Waals surface area contributed by atoms with Gasteiger partial charge in [-0.2, -0.15) is 0 Å². The summed E-state index contributed by atoms with van der Waals surface area (Å²) in [6, 6.07) is -0.874. The van der Waals surface area contributed by atoms with Gasteiger partial charge in [-0.3, -0.25) is 13.8 Å². The molecule has 65 heavy (non-hydrogen) atoms. The average Bonchev–Trinajstić information content (AvgIpc) is 3.26. The third kappa shape index (κ3) is 48.9. The Morgan fingerprint density at radius 2 is 0.892 bits per heavy atom. The Kier molecular flexibility index (Phi) is 44.3. The number of carbonyl (C=O) groups is 1. The Bertz CT molecular complexity index is 1420. The van der Waals surface area contributed by atoms with Crippen molar-refractivity contribution in [3.05, 3.63) is 109 Å². The average molecular weight is 926 g/mol. The molecular formula is C56H98N2O6P+. The van der Waals surface area contributed by atoms with Crippen LogP contribution < -0.4 is 5.32 Å². The molecule has 0 heterocycles. The number of amides is 1. The van der Waals surface area contributed by atoms with E-state index in [0.717, 1.165) is 89.9 Å². The van der Waals surface area contributed by atoms with Crippen LogP contribution in [0.15, 0.2) is 109 Å². The van der Waals surface area contributed by atoms with Crippen LogP contribution in [0.4, 0.5) is 0 Å². The third-order valence-corrected chi connectivity index (χ3v) is 11.7. The highest BCUT2D eigenvalue weighted by molar-refractivity contribution is 7.47. The summed E-state index contributed by atoms with van der Waals surface area (Å²) in [5.74, 6) is -0.199. The minimum atomic E-state index is -4.35. The molecule has 0 aliphatic rings. The highest BCUT2D eigenvalue weighted by atomic mass is 31.2. The van der Waals surface area contributed by atoms with Crippen molar-refractivity contribution in [1.29, 1.82) is 0 Å². The number of hydrogen-bond acceptors (Lipinski definition) is 5. The minimum Gasteiger partial charge on any atom is -0.387 e. The SMILES string of the molecule is CC/C=C\C/C=C\C/C=C\C/C=C\C/C=C\C/C=C\CCCCCCCCCCCCCCCCC(=O)NC(COP(=O)(O)OCC[N+](C)(C)C)C(O)/C=C/CC/C=C/CC/C=C/CC. The summed E-state index contributed by atoms with van der Waals surface area (Å²) in [6.45, 7) is 4.52. The van der Waals surface area contributed by atoms with Gasteiger partial charge < -0.3 is 19.8 Å². The van der Waals surface area contributed by atoms with Crippen LogP contribution in [0.5, 0.6) is 0 Å². The van der Waals surface area contributed by atoms with Crippen LogP contribution in [0.25, 0.3) is 0 Å². The molecule has 0 aromatic heterocycles. The number of rotatable bonds is 45. The summed E-state index contributed by atoms with van der Waals surface area (Å²) in [5.41, 5.74) is 0. The number of allylic oxidation sites excluding steroid dienone is 17. The van der Waals surface area contributed by atoms with Crippen molar-refractivity contribution in [2.24, 2.45) is 0 Å². The van der Waals surface area contributed by atoms with Crippen LogP contribution >= 0.6 is 7.82 Å². The van der Waals surface area contributed by atoms with E-state index in [1.54, 1.807) is 6.08 Å². The Morgan fingerprint density at radius 1 is 0.523 bits per heavy atom. The first-order valence-electron chi connectivity index (χ1n) is 25.8. The maximum Gasteiger partial charge on any atom is 0.472 e. The van der Waals surface area contributed by atoms with Crippen LogP contribution in [0, 0.1) is 0 Å². The summed E-state index contributed by atoms with van der Waals surface area (Å²) in [5, 5.41) is 13.8. The second-order valence-electron chi connectivity index (χ2n) is 18.1. The number of unbranched alkanes of at least 4 members (excludes halogenated alkanes) is 16. The molecular weight excluding hydrogens is 828 g/mol. The van der Waals surface area contributed by atoms with Gasteiger partial charge in [0.2, 0.25) is 5.91 Å². The monoisotopic (exact) mass is 926 g/mol. The van der Waals surface area contributed by atoms with Gasteiger partial charge in [-0.25, -0.2) is 4.57 Å². The lowest BCUT2D eigenvalue weighted by Gasteiger charge is -2.25. The lowest BCUT2D eigenvalue weighted by Crippen LogP contribution is -2.45. The molecule has 0 saturated heterocycles. The van der Waals surface area contributed by atoms with Gasteiger partial charge in [-0.1, -0.05) is 200 Å². The predicted octanol–water partition coefficient (Wildman–Crippen LogP) is 15.3. The molecule has 372 valence electrons. The zero-order chi connectivity index (χ0) is 47.8. The number of phosphoric acid groups is 1. The summed E-state index contributed by atoms with van der Waals surface area (Å²) in [6.07, 6.45) is 67.7. The van der Waals surface area contributed by atoms with Crippen LogP contribution in [0.1, 0.15) is 187 Å². The first-order valence-corrected chi connectivity index (χ1v) is 27.3. The number of quaternary nitrogens is 1. The fourth-order valence-electron chi connectivity index (χ4n) is 6.73. The molecule has 0 fully saturated rings. The summed E-state index contributed by atoms with van der Waals surface area (Å²) < 4.78 is 23.5. The molecule has 1 amide bonds. The molecule has 0 aliphatic carbocycles. The highest BCUT2D eigenvalue weighted by Crippen LogP contribution is 2.43. The molecule has 0 rings (SSSR count). The molecule has 0 aliphatic heterocycles. The highest BCUT2D eigenvalue weighted by Gasteiger charge is 2.27. The molecule has 0 saturated carbocycles. The Labute approximate surface area is 400 Å². The molecule has 0 aromatic carbocycles. The third-order valence-electron chi connectivity index (χ3n) is 10.7. The molecule has 0 spiro atoms. The molecule has 3 unspecified atom stereocenters. The zero-order valence-electron chi connectivity index (χ0n) is 42.2. The van der Waals surface area contributed by atoms with E-state index >= 15 is 0 Å². The van der Waals surface area contributed by atoms with E-state index in [1.807, 2.05) is 27.2 Å². The van der Waals surface area contributed by atoms with Crippen LogP contribution in [-0.4, -0.2) is 73.4 Å². The Morgan fingerprint density at radius 3 is 1.35 bits per heavy atom. The van der Waals surface area contributed by atoms with Crippen LogP contribution in [-0.2, 0) is 18.4 Å². The zero-order valence-corrected chi connectivity index (χ0v) is 43.1. The lowest BCUT2D eigenvalue weighted by molar-refractivity contribution is -0.870. The van der Waals surface area contributed by atoms with Gasteiger partial charge in [0, 0.05) is 6.42 Å². The smallest absolute Gasteiger partial charge is 0.387 e. The van der Waals surface area contributed by atoms with Crippen molar-refractivity contribution in [2.75, 3.05) is 40.9 Å². The first kappa shape index (κ1) is 62.2. The van der Waals surface area contributed by atoms with Gasteiger partial charge in [-0.05, 0) is 89.9 Å². The van der Waals surface area contributed by atoms with Gasteiger partial charge in [0.15, 0.2) is 0 Å². The van der Waals surface area contributed by atoms with Crippen molar-refractivity contribution >= 4 is 13.7 Å². The summed E-state index contributed by atoms with van der Waals surface area (Å²) in [4.78, 5) is 23.1. The van der Waals surface area contributed by atoms with Crippen molar-refractivity contribution in [2.45, 2.75) is 199 Å². The fourth-order valence-corrected chi connectivity index (χ4v) is 7.47. The van der Waals surface area contributed by atoms with Crippen molar-refractivity contribution < 1.29 is 32.9 Å². The van der Waals surface area contributed by atoms with Gasteiger partial charge in [-0.15, -0.1) is 0 Å². The van der Waals surface area contributed by atoms with Gasteiger partial charge >= 0.3 is 7.82 Å². The molecule has 0 aromatic rings.